The molecule has 5 heterocycles. The molecule has 0 spiro atoms. The second kappa shape index (κ2) is 12.0. The van der Waals surface area contributed by atoms with Crippen LogP contribution in [0.3, 0.4) is 0 Å². The Labute approximate surface area is 257 Å². The lowest BCUT2D eigenvalue weighted by atomic mass is 9.87. The number of benzene rings is 1. The molecule has 2 saturated heterocycles. The third-order valence-electron chi connectivity index (χ3n) is 8.62. The molecule has 2 aromatic heterocycles. The number of piperidine rings is 1. The summed E-state index contributed by atoms with van der Waals surface area (Å²) in [4.78, 5) is 40.5. The Balaban J connectivity index is 1.38. The molecule has 0 bridgehead atoms. The summed E-state index contributed by atoms with van der Waals surface area (Å²) in [7, 11) is 1.73. The largest absolute Gasteiger partial charge is 0.444 e. The van der Waals surface area contributed by atoms with E-state index in [-0.39, 0.29) is 24.3 Å². The van der Waals surface area contributed by atoms with E-state index < -0.39 is 5.60 Å². The number of hydrogen-bond donors (Lipinski definition) is 1. The van der Waals surface area contributed by atoms with Gasteiger partial charge in [0.2, 0.25) is 0 Å². The standard InChI is InChI=1S/C32H40ClN5O5/c1-32(2,3)43-31(40)38-11-12-42-19-28(38)24-14-21(22-15-25-27(33)17-35-29(25)34-16-22)13-20-5-8-37(18-26(20)24)30(39)36-9-6-23(41-4)7-10-36/h13-17,23,28H,5-12,18-19H2,1-4H3,(H,34,35)/t28-/m0/s1. The van der Waals surface area contributed by atoms with Gasteiger partial charge in [0.15, 0.2) is 0 Å². The highest BCUT2D eigenvalue weighted by molar-refractivity contribution is 6.35. The van der Waals surface area contributed by atoms with Crippen molar-refractivity contribution in [3.05, 3.63) is 52.3 Å². The van der Waals surface area contributed by atoms with E-state index in [1.54, 1.807) is 18.2 Å². The first kappa shape index (κ1) is 29.7. The molecule has 11 heteroatoms. The number of aromatic amines is 1. The van der Waals surface area contributed by atoms with Crippen LogP contribution in [0.15, 0.2) is 30.6 Å². The quantitative estimate of drug-likeness (QED) is 0.404. The number of urea groups is 1. The van der Waals surface area contributed by atoms with Gasteiger partial charge in [-0.25, -0.2) is 14.6 Å². The van der Waals surface area contributed by atoms with Crippen LogP contribution in [0.1, 0.15) is 56.3 Å². The molecular formula is C32H40ClN5O5. The lowest BCUT2D eigenvalue weighted by Crippen LogP contribution is -2.50. The Morgan fingerprint density at radius 3 is 2.60 bits per heavy atom. The Hall–Kier alpha value is -3.34. The molecule has 3 amide bonds. The fraction of sp³-hybridized carbons (Fsp3) is 0.531. The zero-order chi connectivity index (χ0) is 30.3. The molecule has 3 aliphatic rings. The summed E-state index contributed by atoms with van der Waals surface area (Å²) in [5.74, 6) is 0. The predicted octanol–water partition coefficient (Wildman–Crippen LogP) is 5.78. The lowest BCUT2D eigenvalue weighted by molar-refractivity contribution is -0.0334. The number of morpholine rings is 1. The van der Waals surface area contributed by atoms with Gasteiger partial charge in [-0.05, 0) is 74.4 Å². The maximum absolute atomic E-state index is 13.7. The Bertz CT molecular complexity index is 1510. The van der Waals surface area contributed by atoms with Crippen LogP contribution in [-0.4, -0.2) is 95.0 Å². The van der Waals surface area contributed by atoms with E-state index in [4.69, 9.17) is 25.8 Å². The van der Waals surface area contributed by atoms with Crippen molar-refractivity contribution in [3.63, 3.8) is 0 Å². The molecule has 1 N–H and O–H groups in total. The summed E-state index contributed by atoms with van der Waals surface area (Å²) >= 11 is 6.44. The molecule has 6 rings (SSSR count). The van der Waals surface area contributed by atoms with E-state index in [1.807, 2.05) is 42.8 Å². The van der Waals surface area contributed by atoms with E-state index in [0.29, 0.717) is 57.4 Å². The third kappa shape index (κ3) is 6.18. The zero-order valence-electron chi connectivity index (χ0n) is 25.3. The van der Waals surface area contributed by atoms with Crippen molar-refractivity contribution in [3.8, 4) is 11.1 Å². The average Bonchev–Trinajstić information content (AvgIpc) is 3.38. The number of carbonyl (C=O) groups is 2. The molecule has 0 radical (unpaired) electrons. The van der Waals surface area contributed by atoms with Crippen molar-refractivity contribution in [2.45, 2.75) is 64.3 Å². The van der Waals surface area contributed by atoms with Crippen molar-refractivity contribution in [1.82, 2.24) is 24.7 Å². The fourth-order valence-electron chi connectivity index (χ4n) is 6.34. The van der Waals surface area contributed by atoms with Crippen LogP contribution in [0.2, 0.25) is 5.02 Å². The molecule has 0 aliphatic carbocycles. The third-order valence-corrected chi connectivity index (χ3v) is 8.94. The van der Waals surface area contributed by atoms with Gasteiger partial charge in [0.05, 0.1) is 30.4 Å². The number of methoxy groups -OCH3 is 1. The number of halogens is 1. The number of aromatic nitrogens is 2. The van der Waals surface area contributed by atoms with Crippen molar-refractivity contribution >= 4 is 34.8 Å². The number of hydrogen-bond acceptors (Lipinski definition) is 6. The molecule has 1 atom stereocenters. The summed E-state index contributed by atoms with van der Waals surface area (Å²) in [5, 5.41) is 1.46. The van der Waals surface area contributed by atoms with Crippen molar-refractivity contribution in [2.24, 2.45) is 0 Å². The maximum Gasteiger partial charge on any atom is 0.410 e. The topological polar surface area (TPSA) is 100 Å². The Kier molecular flexibility index (Phi) is 8.28. The first-order valence-electron chi connectivity index (χ1n) is 15.0. The van der Waals surface area contributed by atoms with Crippen LogP contribution >= 0.6 is 11.6 Å². The van der Waals surface area contributed by atoms with E-state index in [1.165, 1.54) is 0 Å². The minimum atomic E-state index is -0.627. The molecule has 3 aliphatic heterocycles. The number of likely N-dealkylation sites (tertiary alicyclic amines) is 1. The lowest BCUT2D eigenvalue weighted by Gasteiger charge is -2.41. The number of rotatable bonds is 3. The molecule has 230 valence electrons. The monoisotopic (exact) mass is 609 g/mol. The van der Waals surface area contributed by atoms with E-state index >= 15 is 0 Å². The Morgan fingerprint density at radius 1 is 1.07 bits per heavy atom. The van der Waals surface area contributed by atoms with Crippen LogP contribution in [0.4, 0.5) is 9.59 Å². The normalized spacial score (nSPS) is 19.9. The van der Waals surface area contributed by atoms with Crippen LogP contribution in [0.5, 0.6) is 0 Å². The number of nitrogens with zero attached hydrogens (tertiary/aromatic N) is 4. The highest BCUT2D eigenvalue weighted by Gasteiger charge is 2.36. The second-order valence-corrected chi connectivity index (χ2v) is 13.0. The predicted molar refractivity (Wildman–Crippen MR) is 164 cm³/mol. The molecule has 0 unspecified atom stereocenters. The number of fused-ring (bicyclic) bond motifs is 2. The summed E-state index contributed by atoms with van der Waals surface area (Å²) in [6.07, 6.45) is 5.80. The van der Waals surface area contributed by atoms with Crippen molar-refractivity contribution in [1.29, 1.82) is 0 Å². The van der Waals surface area contributed by atoms with Gasteiger partial charge in [-0.1, -0.05) is 17.7 Å². The van der Waals surface area contributed by atoms with Crippen LogP contribution in [-0.2, 0) is 27.2 Å². The van der Waals surface area contributed by atoms with E-state index in [9.17, 15) is 9.59 Å². The number of carbonyl (C=O) groups excluding carboxylic acids is 2. The first-order valence-corrected chi connectivity index (χ1v) is 15.4. The van der Waals surface area contributed by atoms with Gasteiger partial charge in [0.1, 0.15) is 11.2 Å². The maximum atomic E-state index is 13.7. The number of nitrogens with one attached hydrogen (secondary N) is 1. The molecule has 0 saturated carbocycles. The average molecular weight is 610 g/mol. The van der Waals surface area contributed by atoms with Crippen LogP contribution in [0.25, 0.3) is 22.2 Å². The van der Waals surface area contributed by atoms with E-state index in [0.717, 1.165) is 51.7 Å². The molecule has 2 fully saturated rings. The summed E-state index contributed by atoms with van der Waals surface area (Å²) in [6.45, 7) is 9.28. The van der Waals surface area contributed by atoms with E-state index in [2.05, 4.69) is 22.1 Å². The Morgan fingerprint density at radius 2 is 1.86 bits per heavy atom. The van der Waals surface area contributed by atoms with Gasteiger partial charge in [0.25, 0.3) is 0 Å². The smallest absolute Gasteiger partial charge is 0.410 e. The highest BCUT2D eigenvalue weighted by Crippen LogP contribution is 2.38. The zero-order valence-corrected chi connectivity index (χ0v) is 26.1. The van der Waals surface area contributed by atoms with Gasteiger partial charge in [-0.15, -0.1) is 0 Å². The molecular weight excluding hydrogens is 570 g/mol. The molecule has 3 aromatic rings. The SMILES string of the molecule is COC1CCN(C(=O)N2CCc3cc(-c4cnc5[nH]cc(Cl)c5c4)cc([C@@H]4COCCN4C(=O)OC(C)(C)C)c3C2)CC1. The second-order valence-electron chi connectivity index (χ2n) is 12.6. The molecule has 10 nitrogen and oxygen atoms in total. The van der Waals surface area contributed by atoms with Crippen molar-refractivity contribution < 1.29 is 23.8 Å². The van der Waals surface area contributed by atoms with Gasteiger partial charge in [0, 0.05) is 63.2 Å². The molecule has 43 heavy (non-hydrogen) atoms. The summed E-state index contributed by atoms with van der Waals surface area (Å²) in [5.41, 5.74) is 5.20. The van der Waals surface area contributed by atoms with Gasteiger partial charge in [-0.3, -0.25) is 4.90 Å². The van der Waals surface area contributed by atoms with Gasteiger partial charge in [-0.2, -0.15) is 0 Å². The minimum absolute atomic E-state index is 0.0517. The first-order chi connectivity index (χ1) is 20.6. The van der Waals surface area contributed by atoms with Gasteiger partial charge >= 0.3 is 12.1 Å². The van der Waals surface area contributed by atoms with Crippen LogP contribution in [0, 0.1) is 0 Å². The number of pyridine rings is 1. The fourth-order valence-corrected chi connectivity index (χ4v) is 6.54. The number of ether oxygens (including phenoxy) is 3. The minimum Gasteiger partial charge on any atom is -0.444 e. The summed E-state index contributed by atoms with van der Waals surface area (Å²) in [6, 6.07) is 6.04. The van der Waals surface area contributed by atoms with Crippen molar-refractivity contribution in [2.75, 3.05) is 46.5 Å². The molecule has 1 aromatic carbocycles. The number of H-pyrrole nitrogens is 1. The summed E-state index contributed by atoms with van der Waals surface area (Å²) < 4.78 is 17.3. The number of amides is 3. The van der Waals surface area contributed by atoms with Crippen LogP contribution < -0.4 is 0 Å². The van der Waals surface area contributed by atoms with Gasteiger partial charge < -0.3 is 29.0 Å². The highest BCUT2D eigenvalue weighted by atomic mass is 35.5.